The summed E-state index contributed by atoms with van der Waals surface area (Å²) in [6.07, 6.45) is 17.2. The first-order valence-corrected chi connectivity index (χ1v) is 14.5. The molecule has 4 rings (SSSR count). The smallest absolute Gasteiger partial charge is 0.223 e. The van der Waals surface area contributed by atoms with Crippen LogP contribution < -0.4 is 11.1 Å². The van der Waals surface area contributed by atoms with Crippen LogP contribution in [0.3, 0.4) is 0 Å². The van der Waals surface area contributed by atoms with Crippen LogP contribution in [-0.4, -0.2) is 19.0 Å². The fourth-order valence-corrected chi connectivity index (χ4v) is 9.27. The van der Waals surface area contributed by atoms with Gasteiger partial charge in [-0.1, -0.05) is 65.5 Å². The quantitative estimate of drug-likeness (QED) is 0.431. The molecule has 3 nitrogen and oxygen atoms in total. The molecule has 4 aliphatic rings. The second-order valence-corrected chi connectivity index (χ2v) is 13.4. The molecule has 0 aliphatic heterocycles. The zero-order chi connectivity index (χ0) is 23.8. The Kier molecular flexibility index (Phi) is 7.68. The van der Waals surface area contributed by atoms with Gasteiger partial charge in [0, 0.05) is 5.92 Å². The lowest BCUT2D eigenvalue weighted by atomic mass is 9.46. The van der Waals surface area contributed by atoms with E-state index in [9.17, 15) is 4.79 Å². The van der Waals surface area contributed by atoms with E-state index >= 15 is 0 Å². The van der Waals surface area contributed by atoms with Crippen molar-refractivity contribution in [2.75, 3.05) is 13.1 Å². The third-order valence-corrected chi connectivity index (χ3v) is 11.2. The number of quaternary nitrogens is 1. The van der Waals surface area contributed by atoms with E-state index in [4.69, 9.17) is 0 Å². The Hall–Kier alpha value is -0.830. The van der Waals surface area contributed by atoms with E-state index in [-0.39, 0.29) is 11.8 Å². The summed E-state index contributed by atoms with van der Waals surface area (Å²) >= 11 is 0. The maximum absolute atomic E-state index is 12.7. The maximum atomic E-state index is 12.7. The average Bonchev–Trinajstić information content (AvgIpc) is 3.13. The van der Waals surface area contributed by atoms with Crippen molar-refractivity contribution in [1.29, 1.82) is 0 Å². The van der Waals surface area contributed by atoms with Gasteiger partial charge in [0.1, 0.15) is 0 Å². The summed E-state index contributed by atoms with van der Waals surface area (Å²) in [4.78, 5) is 12.7. The van der Waals surface area contributed by atoms with Crippen LogP contribution in [0.5, 0.6) is 0 Å². The second-order valence-electron chi connectivity index (χ2n) is 13.4. The van der Waals surface area contributed by atoms with Gasteiger partial charge in [-0.2, -0.15) is 0 Å². The molecule has 3 heteroatoms. The van der Waals surface area contributed by atoms with Gasteiger partial charge in [0.05, 0.1) is 13.1 Å². The normalized spacial score (nSPS) is 41.1. The molecular formula is C30H53N2O+. The van der Waals surface area contributed by atoms with Crippen molar-refractivity contribution in [2.45, 2.75) is 105 Å². The number of carbonyl (C=O) groups excluding carboxylic acids is 1. The standard InChI is InChI=1S/C30H52N2O/c1-20(2)7-6-8-21(3)25-11-12-26-24-10-9-23-19-22(28(33)32-18-17-31)13-15-29(23,4)27(24)14-16-30(25,26)5/h9,20-22,24-27H,6-8,10-19,31H2,1-5H3,(H,32,33)/p+1. The lowest BCUT2D eigenvalue weighted by Crippen LogP contribution is -2.55. The molecule has 0 saturated heterocycles. The van der Waals surface area contributed by atoms with Gasteiger partial charge in [0.25, 0.3) is 0 Å². The van der Waals surface area contributed by atoms with Crippen molar-refractivity contribution in [3.63, 3.8) is 0 Å². The minimum Gasteiger partial charge on any atom is -0.356 e. The molecule has 0 aromatic rings. The number of amides is 1. The number of hydrogen-bond acceptors (Lipinski definition) is 1. The van der Waals surface area contributed by atoms with Crippen LogP contribution in [0.4, 0.5) is 0 Å². The Balaban J connectivity index is 1.45. The van der Waals surface area contributed by atoms with Gasteiger partial charge in [-0.05, 0) is 97.7 Å². The van der Waals surface area contributed by atoms with Crippen molar-refractivity contribution >= 4 is 5.91 Å². The van der Waals surface area contributed by atoms with Crippen LogP contribution >= 0.6 is 0 Å². The van der Waals surface area contributed by atoms with E-state index < -0.39 is 0 Å². The molecule has 1 amide bonds. The zero-order valence-electron chi connectivity index (χ0n) is 22.4. The molecular weight excluding hydrogens is 404 g/mol. The molecule has 8 atom stereocenters. The number of hydrogen-bond donors (Lipinski definition) is 2. The third kappa shape index (κ3) is 4.69. The van der Waals surface area contributed by atoms with Crippen molar-refractivity contribution in [1.82, 2.24) is 5.32 Å². The Morgan fingerprint density at radius 1 is 1.09 bits per heavy atom. The van der Waals surface area contributed by atoms with Gasteiger partial charge < -0.3 is 11.1 Å². The Bertz CT molecular complexity index is 729. The summed E-state index contributed by atoms with van der Waals surface area (Å²) in [6.45, 7) is 14.1. The van der Waals surface area contributed by atoms with Crippen LogP contribution in [0.25, 0.3) is 0 Å². The van der Waals surface area contributed by atoms with Gasteiger partial charge in [0.15, 0.2) is 0 Å². The predicted molar refractivity (Wildman–Crippen MR) is 137 cm³/mol. The molecule has 0 aromatic carbocycles. The minimum atomic E-state index is 0.184. The van der Waals surface area contributed by atoms with Crippen LogP contribution in [0.1, 0.15) is 105 Å². The lowest BCUT2D eigenvalue weighted by Gasteiger charge is -2.58. The molecule has 0 radical (unpaired) electrons. The van der Waals surface area contributed by atoms with Crippen LogP contribution in [0.15, 0.2) is 11.6 Å². The first kappa shape index (κ1) is 25.3. The Labute approximate surface area is 204 Å². The average molecular weight is 458 g/mol. The monoisotopic (exact) mass is 457 g/mol. The summed E-state index contributed by atoms with van der Waals surface area (Å²) < 4.78 is 0. The molecule has 0 bridgehead atoms. The second kappa shape index (κ2) is 10.0. The number of nitrogens with one attached hydrogen (secondary N) is 1. The Morgan fingerprint density at radius 3 is 2.61 bits per heavy atom. The summed E-state index contributed by atoms with van der Waals surface area (Å²) in [5, 5.41) is 3.11. The van der Waals surface area contributed by atoms with Crippen molar-refractivity contribution < 1.29 is 10.5 Å². The van der Waals surface area contributed by atoms with Crippen molar-refractivity contribution in [3.8, 4) is 0 Å². The van der Waals surface area contributed by atoms with Gasteiger partial charge in [0.2, 0.25) is 5.91 Å². The largest absolute Gasteiger partial charge is 0.356 e. The SMILES string of the molecule is CC(C)CCCC(C)C1CCC2C3CC=C4CC(C(=O)NCC[NH3+])CCC4(C)C3CCC12C. The molecule has 4 N–H and O–H groups in total. The number of allylic oxidation sites excluding steroid dienone is 2. The van der Waals surface area contributed by atoms with E-state index in [0.717, 1.165) is 54.9 Å². The Morgan fingerprint density at radius 2 is 1.88 bits per heavy atom. The lowest BCUT2D eigenvalue weighted by molar-refractivity contribution is -0.364. The summed E-state index contributed by atoms with van der Waals surface area (Å²) in [7, 11) is 0. The third-order valence-electron chi connectivity index (χ3n) is 11.2. The molecule has 0 aromatic heterocycles. The van der Waals surface area contributed by atoms with E-state index in [0.29, 0.717) is 17.4 Å². The highest BCUT2D eigenvalue weighted by atomic mass is 16.1. The minimum absolute atomic E-state index is 0.184. The van der Waals surface area contributed by atoms with Crippen molar-refractivity contribution in [3.05, 3.63) is 11.6 Å². The highest BCUT2D eigenvalue weighted by Gasteiger charge is 2.59. The molecule has 4 aliphatic carbocycles. The fourth-order valence-electron chi connectivity index (χ4n) is 9.27. The summed E-state index contributed by atoms with van der Waals surface area (Å²) in [5.74, 6) is 5.74. The molecule has 0 spiro atoms. The molecule has 0 heterocycles. The molecule has 3 fully saturated rings. The number of carbonyl (C=O) groups is 1. The van der Waals surface area contributed by atoms with Crippen molar-refractivity contribution in [2.24, 2.45) is 52.3 Å². The van der Waals surface area contributed by atoms with Crippen LogP contribution in [-0.2, 0) is 4.79 Å². The topological polar surface area (TPSA) is 56.7 Å². The first-order chi connectivity index (χ1) is 15.7. The molecule has 3 saturated carbocycles. The van der Waals surface area contributed by atoms with Gasteiger partial charge in [-0.15, -0.1) is 0 Å². The van der Waals surface area contributed by atoms with E-state index in [1.165, 1.54) is 57.8 Å². The predicted octanol–water partition coefficient (Wildman–Crippen LogP) is 6.00. The summed E-state index contributed by atoms with van der Waals surface area (Å²) in [5.41, 5.74) is 6.40. The summed E-state index contributed by atoms with van der Waals surface area (Å²) in [6, 6.07) is 0. The number of fused-ring (bicyclic) bond motifs is 5. The first-order valence-electron chi connectivity index (χ1n) is 14.5. The van der Waals surface area contributed by atoms with Gasteiger partial charge in [-0.3, -0.25) is 4.79 Å². The highest BCUT2D eigenvalue weighted by molar-refractivity contribution is 5.79. The molecule has 8 unspecified atom stereocenters. The van der Waals surface area contributed by atoms with Gasteiger partial charge in [-0.25, -0.2) is 0 Å². The van der Waals surface area contributed by atoms with Crippen LogP contribution in [0, 0.1) is 52.3 Å². The molecule has 33 heavy (non-hydrogen) atoms. The van der Waals surface area contributed by atoms with E-state index in [1.54, 1.807) is 5.57 Å². The fraction of sp³-hybridized carbons (Fsp3) is 0.900. The van der Waals surface area contributed by atoms with Gasteiger partial charge >= 0.3 is 0 Å². The van der Waals surface area contributed by atoms with E-state index in [1.807, 2.05) is 0 Å². The molecule has 188 valence electrons. The highest BCUT2D eigenvalue weighted by Crippen LogP contribution is 2.67. The maximum Gasteiger partial charge on any atom is 0.223 e. The number of rotatable bonds is 8. The zero-order valence-corrected chi connectivity index (χ0v) is 22.4. The van der Waals surface area contributed by atoms with Crippen LogP contribution in [0.2, 0.25) is 0 Å². The van der Waals surface area contributed by atoms with E-state index in [2.05, 4.69) is 51.7 Å².